The maximum atomic E-state index is 12.8. The molecule has 0 aromatic heterocycles. The van der Waals surface area contributed by atoms with Crippen molar-refractivity contribution in [2.45, 2.75) is 238 Å². The van der Waals surface area contributed by atoms with Crippen LogP contribution in [0.25, 0.3) is 0 Å². The quantitative estimate of drug-likeness (QED) is 0.0271. The van der Waals surface area contributed by atoms with Crippen molar-refractivity contribution in [2.75, 3.05) is 13.2 Å². The summed E-state index contributed by atoms with van der Waals surface area (Å²) in [5, 5.41) is 22.6. The first kappa shape index (κ1) is 58.5. The number of carboxylic acids is 1. The van der Waals surface area contributed by atoms with E-state index in [0.29, 0.717) is 12.8 Å². The van der Waals surface area contributed by atoms with Crippen molar-refractivity contribution < 1.29 is 34.1 Å². The van der Waals surface area contributed by atoms with Gasteiger partial charge in [-0.05, 0) is 83.1 Å². The molecule has 0 aliphatic carbocycles. The summed E-state index contributed by atoms with van der Waals surface area (Å²) < 4.78 is 5.94. The smallest absolute Gasteiger partial charge is 0.328 e. The third-order valence-electron chi connectivity index (χ3n) is 11.0. The van der Waals surface area contributed by atoms with Gasteiger partial charge in [0.2, 0.25) is 11.8 Å². The lowest BCUT2D eigenvalue weighted by Crippen LogP contribution is -2.47. The van der Waals surface area contributed by atoms with E-state index in [9.17, 15) is 19.2 Å². The number of carbonyl (C=O) groups is 4. The summed E-state index contributed by atoms with van der Waals surface area (Å²) in [6.45, 7) is 3.36. The SMILES string of the molecule is CC/C=C\C/C=C\C/C=C\C/C=C\C(CCCCCCCC(=O)NCC(=O)NC(CO)C(=O)O)OC(=O)CCCCCCCCCCCCC/C=C\CCCCCCCCCC. The van der Waals surface area contributed by atoms with E-state index in [2.05, 4.69) is 79.2 Å². The van der Waals surface area contributed by atoms with E-state index < -0.39 is 24.5 Å². The zero-order valence-electron chi connectivity index (χ0n) is 39.6. The minimum absolute atomic E-state index is 0.119. The number of amides is 2. The molecule has 0 radical (unpaired) electrons. The first-order valence-corrected chi connectivity index (χ1v) is 25.2. The predicted molar refractivity (Wildman–Crippen MR) is 259 cm³/mol. The van der Waals surface area contributed by atoms with Crippen LogP contribution < -0.4 is 10.6 Å². The molecule has 2 amide bonds. The molecule has 0 bridgehead atoms. The number of aliphatic carboxylic acids is 1. The summed E-state index contributed by atoms with van der Waals surface area (Å²) in [5.74, 6) is -2.40. The molecular weight excluding hydrogens is 777 g/mol. The first-order chi connectivity index (χ1) is 30.3. The first-order valence-electron chi connectivity index (χ1n) is 25.2. The highest BCUT2D eigenvalue weighted by molar-refractivity contribution is 5.87. The molecule has 9 heteroatoms. The predicted octanol–water partition coefficient (Wildman–Crippen LogP) is 13.3. The van der Waals surface area contributed by atoms with Gasteiger partial charge in [-0.2, -0.15) is 0 Å². The van der Waals surface area contributed by atoms with Gasteiger partial charge in [0.25, 0.3) is 0 Å². The molecule has 356 valence electrons. The van der Waals surface area contributed by atoms with Crippen molar-refractivity contribution in [2.24, 2.45) is 0 Å². The van der Waals surface area contributed by atoms with Gasteiger partial charge in [0.1, 0.15) is 12.1 Å². The third-order valence-corrected chi connectivity index (χ3v) is 11.0. The van der Waals surface area contributed by atoms with Gasteiger partial charge in [0, 0.05) is 12.8 Å². The molecular formula is C53H92N2O7. The van der Waals surface area contributed by atoms with Crippen LogP contribution >= 0.6 is 0 Å². The fourth-order valence-corrected chi connectivity index (χ4v) is 7.15. The number of carbonyl (C=O) groups excluding carboxylic acids is 3. The zero-order chi connectivity index (χ0) is 45.4. The van der Waals surface area contributed by atoms with Gasteiger partial charge < -0.3 is 25.6 Å². The zero-order valence-corrected chi connectivity index (χ0v) is 39.6. The highest BCUT2D eigenvalue weighted by atomic mass is 16.5. The second-order valence-corrected chi connectivity index (χ2v) is 16.9. The average molecular weight is 869 g/mol. The number of nitrogens with one attached hydrogen (secondary N) is 2. The average Bonchev–Trinajstić information content (AvgIpc) is 3.26. The molecule has 0 rings (SSSR count). The molecule has 0 saturated carbocycles. The Bertz CT molecular complexity index is 1220. The number of unbranched alkanes of at least 4 members (excludes halogenated alkanes) is 23. The molecule has 0 aliphatic rings. The van der Waals surface area contributed by atoms with Gasteiger partial charge in [-0.25, -0.2) is 4.79 Å². The van der Waals surface area contributed by atoms with Gasteiger partial charge in [0.15, 0.2) is 0 Å². The van der Waals surface area contributed by atoms with E-state index in [1.807, 2.05) is 6.08 Å². The lowest BCUT2D eigenvalue weighted by molar-refractivity contribution is -0.147. The molecule has 0 aromatic carbocycles. The van der Waals surface area contributed by atoms with Crippen LogP contribution in [0.5, 0.6) is 0 Å². The van der Waals surface area contributed by atoms with Crippen LogP contribution in [0.15, 0.2) is 60.8 Å². The van der Waals surface area contributed by atoms with E-state index in [4.69, 9.17) is 14.9 Å². The molecule has 0 aliphatic heterocycles. The highest BCUT2D eigenvalue weighted by Crippen LogP contribution is 2.16. The van der Waals surface area contributed by atoms with Crippen molar-refractivity contribution >= 4 is 23.8 Å². The Morgan fingerprint density at radius 3 is 1.47 bits per heavy atom. The van der Waals surface area contributed by atoms with E-state index >= 15 is 0 Å². The fourth-order valence-electron chi connectivity index (χ4n) is 7.15. The molecule has 0 aromatic rings. The van der Waals surface area contributed by atoms with Crippen molar-refractivity contribution in [3.8, 4) is 0 Å². The molecule has 2 atom stereocenters. The number of carboxylic acid groups (broad SMARTS) is 1. The largest absolute Gasteiger partial charge is 0.480 e. The van der Waals surface area contributed by atoms with E-state index in [1.54, 1.807) is 0 Å². The Hall–Kier alpha value is -3.46. The lowest BCUT2D eigenvalue weighted by atomic mass is 10.0. The minimum atomic E-state index is -1.39. The number of hydrogen-bond acceptors (Lipinski definition) is 6. The summed E-state index contributed by atoms with van der Waals surface area (Å²) in [4.78, 5) is 47.7. The minimum Gasteiger partial charge on any atom is -0.480 e. The van der Waals surface area contributed by atoms with Crippen molar-refractivity contribution in [3.05, 3.63) is 60.8 Å². The Kier molecular flexibility index (Phi) is 44.4. The number of hydrogen-bond donors (Lipinski definition) is 4. The normalized spacial score (nSPS) is 13.0. The fraction of sp³-hybridized carbons (Fsp3) is 0.736. The number of ether oxygens (including phenoxy) is 1. The number of aliphatic hydroxyl groups is 1. The number of allylic oxidation sites excluding steroid dienone is 9. The molecule has 4 N–H and O–H groups in total. The molecule has 0 fully saturated rings. The maximum Gasteiger partial charge on any atom is 0.328 e. The van der Waals surface area contributed by atoms with Crippen molar-refractivity contribution in [1.82, 2.24) is 10.6 Å². The van der Waals surface area contributed by atoms with Crippen molar-refractivity contribution in [1.29, 1.82) is 0 Å². The van der Waals surface area contributed by atoms with Gasteiger partial charge >= 0.3 is 11.9 Å². The van der Waals surface area contributed by atoms with E-state index in [-0.39, 0.29) is 30.9 Å². The van der Waals surface area contributed by atoms with Crippen LogP contribution in [-0.4, -0.2) is 59.3 Å². The van der Waals surface area contributed by atoms with Gasteiger partial charge in [0.05, 0.1) is 13.2 Å². The highest BCUT2D eigenvalue weighted by Gasteiger charge is 2.18. The van der Waals surface area contributed by atoms with Gasteiger partial charge in [-0.15, -0.1) is 0 Å². The Balaban J connectivity index is 4.24. The Labute approximate surface area is 379 Å². The van der Waals surface area contributed by atoms with Crippen LogP contribution in [0.2, 0.25) is 0 Å². The third kappa shape index (κ3) is 43.2. The molecule has 9 nitrogen and oxygen atoms in total. The van der Waals surface area contributed by atoms with E-state index in [0.717, 1.165) is 70.6 Å². The summed E-state index contributed by atoms with van der Waals surface area (Å²) >= 11 is 0. The molecule has 0 saturated heterocycles. The number of rotatable bonds is 45. The number of aliphatic hydroxyl groups excluding tert-OH is 1. The standard InChI is InChI=1S/C53H92N2O7/c1-3-5-7-9-11-13-15-16-17-18-19-20-21-22-23-24-25-26-28-30-32-37-41-45-52(59)62-48(42-38-34-31-29-27-14-12-10-8-6-4-2)43-39-35-33-36-40-44-50(57)54-46-51(58)55-49(47-56)53(60)61/h6,8,12,14,18-19,29,31,38,42,48-49,56H,3-5,7,9-11,13,15-17,20-28,30,32-37,39-41,43-47H2,1-2H3,(H,54,57)(H,55,58)(H,60,61)/b8-6-,14-12-,19-18-,31-29-,42-38-. The summed E-state index contributed by atoms with van der Waals surface area (Å²) in [6, 6.07) is -1.39. The van der Waals surface area contributed by atoms with Crippen LogP contribution in [0.3, 0.4) is 0 Å². The lowest BCUT2D eigenvalue weighted by Gasteiger charge is -2.15. The second-order valence-electron chi connectivity index (χ2n) is 16.9. The van der Waals surface area contributed by atoms with Crippen LogP contribution in [0, 0.1) is 0 Å². The summed E-state index contributed by atoms with van der Waals surface area (Å²) in [7, 11) is 0. The van der Waals surface area contributed by atoms with Gasteiger partial charge in [-0.3, -0.25) is 14.4 Å². The second kappa shape index (κ2) is 47.0. The number of esters is 1. The van der Waals surface area contributed by atoms with Crippen LogP contribution in [-0.2, 0) is 23.9 Å². The maximum absolute atomic E-state index is 12.8. The molecule has 0 spiro atoms. The van der Waals surface area contributed by atoms with Crippen molar-refractivity contribution in [3.63, 3.8) is 0 Å². The molecule has 2 unspecified atom stereocenters. The van der Waals surface area contributed by atoms with Crippen LogP contribution in [0.4, 0.5) is 0 Å². The topological polar surface area (TPSA) is 142 Å². The Morgan fingerprint density at radius 1 is 0.516 bits per heavy atom. The van der Waals surface area contributed by atoms with Crippen LogP contribution in [0.1, 0.15) is 226 Å². The van der Waals surface area contributed by atoms with E-state index in [1.165, 1.54) is 122 Å². The molecule has 62 heavy (non-hydrogen) atoms. The monoisotopic (exact) mass is 869 g/mol. The summed E-state index contributed by atoms with van der Waals surface area (Å²) in [6.07, 6.45) is 58.6. The summed E-state index contributed by atoms with van der Waals surface area (Å²) in [5.41, 5.74) is 0. The molecule has 0 heterocycles. The Morgan fingerprint density at radius 2 is 0.968 bits per heavy atom. The van der Waals surface area contributed by atoms with Gasteiger partial charge in [-0.1, -0.05) is 191 Å².